The normalized spacial score (nSPS) is 16.5. The van der Waals surface area contributed by atoms with E-state index in [1.165, 1.54) is 29.3 Å². The molecule has 32 heavy (non-hydrogen) atoms. The van der Waals surface area contributed by atoms with Crippen LogP contribution >= 0.6 is 0 Å². The first-order valence-corrected chi connectivity index (χ1v) is 10.6. The molecule has 1 aliphatic heterocycles. The Kier molecular flexibility index (Phi) is 4.48. The molecule has 0 bridgehead atoms. The Labute approximate surface area is 189 Å². The van der Waals surface area contributed by atoms with Crippen LogP contribution in [0.25, 0.3) is 11.0 Å². The lowest BCUT2D eigenvalue weighted by atomic mass is 10.0. The molecule has 0 radical (unpaired) electrons. The summed E-state index contributed by atoms with van der Waals surface area (Å²) in [5.74, 6) is 0.569. The number of aromatic nitrogens is 4. The van der Waals surface area contributed by atoms with E-state index in [9.17, 15) is 9.18 Å². The number of nitrogens with zero attached hydrogens (tertiary/aromatic N) is 5. The quantitative estimate of drug-likeness (QED) is 0.520. The number of rotatable bonds is 5. The minimum absolute atomic E-state index is 0.0551. The second-order valence-electron chi connectivity index (χ2n) is 7.96. The van der Waals surface area contributed by atoms with E-state index >= 15 is 0 Å². The van der Waals surface area contributed by atoms with Gasteiger partial charge in [0.1, 0.15) is 5.82 Å². The summed E-state index contributed by atoms with van der Waals surface area (Å²) < 4.78 is 39.6. The molecule has 1 aliphatic rings. The number of para-hydroxylation sites is 2. The van der Waals surface area contributed by atoms with Crippen molar-refractivity contribution in [2.24, 2.45) is 0 Å². The fraction of sp³-hybridized carbons (Fsp3) is 0.292. The first-order chi connectivity index (χ1) is 16.8. The van der Waals surface area contributed by atoms with E-state index in [1.807, 2.05) is 24.3 Å². The highest BCUT2D eigenvalue weighted by molar-refractivity contribution is 5.79. The van der Waals surface area contributed by atoms with Crippen LogP contribution in [0.5, 0.6) is 0 Å². The summed E-state index contributed by atoms with van der Waals surface area (Å²) in [6.45, 7) is -0.741. The predicted octanol–water partition coefficient (Wildman–Crippen LogP) is 3.41. The number of imidazole rings is 1. The maximum Gasteiger partial charge on any atom is 0.252 e. The van der Waals surface area contributed by atoms with Gasteiger partial charge in [-0.3, -0.25) is 9.78 Å². The van der Waals surface area contributed by atoms with Crippen molar-refractivity contribution in [3.05, 3.63) is 82.5 Å². The van der Waals surface area contributed by atoms with Crippen molar-refractivity contribution in [3.63, 3.8) is 0 Å². The molecular weight excluding hydrogens is 407 g/mol. The lowest BCUT2D eigenvalue weighted by molar-refractivity contribution is 0.469. The molecule has 1 saturated heterocycles. The average molecular weight is 436 g/mol. The zero-order valence-electron chi connectivity index (χ0n) is 20.4. The number of nitrogens with one attached hydrogen (secondary N) is 1. The van der Waals surface area contributed by atoms with Crippen LogP contribution in [0.15, 0.2) is 65.6 Å². The Balaban J connectivity index is 1.42. The maximum absolute atomic E-state index is 13.4. The Hall–Kier alpha value is -3.68. The summed E-state index contributed by atoms with van der Waals surface area (Å²) in [6.07, 6.45) is 2.42. The third-order valence-electron chi connectivity index (χ3n) is 5.89. The smallest absolute Gasteiger partial charge is 0.252 e. The van der Waals surface area contributed by atoms with Gasteiger partial charge in [-0.25, -0.2) is 14.4 Å². The molecule has 164 valence electrons. The van der Waals surface area contributed by atoms with Crippen molar-refractivity contribution in [2.75, 3.05) is 29.9 Å². The monoisotopic (exact) mass is 435 g/mol. The molecule has 2 aromatic carbocycles. The van der Waals surface area contributed by atoms with Gasteiger partial charge in [-0.05, 0) is 42.7 Å². The summed E-state index contributed by atoms with van der Waals surface area (Å²) >= 11 is 0. The van der Waals surface area contributed by atoms with Gasteiger partial charge in [0.2, 0.25) is 11.9 Å². The third-order valence-corrected chi connectivity index (χ3v) is 5.89. The Bertz CT molecular complexity index is 1380. The number of piperidine rings is 1. The molecule has 8 heteroatoms. The van der Waals surface area contributed by atoms with Gasteiger partial charge in [0.25, 0.3) is 5.56 Å². The van der Waals surface area contributed by atoms with Crippen molar-refractivity contribution in [2.45, 2.75) is 25.4 Å². The zero-order chi connectivity index (χ0) is 24.6. The fourth-order valence-corrected chi connectivity index (χ4v) is 4.21. The highest BCUT2D eigenvalue weighted by Gasteiger charge is 2.27. The number of aromatic amines is 1. The Morgan fingerprint density at radius 1 is 1.16 bits per heavy atom. The number of fused-ring (bicyclic) bond motifs is 1. The molecular formula is C24H25FN6O. The minimum atomic E-state index is -2.44. The van der Waals surface area contributed by atoms with Crippen molar-refractivity contribution >= 4 is 22.9 Å². The minimum Gasteiger partial charge on any atom is -0.342 e. The number of hydrogen-bond donors (Lipinski definition) is 1. The molecule has 4 aromatic rings. The molecule has 1 fully saturated rings. The summed E-state index contributed by atoms with van der Waals surface area (Å²) in [5.41, 5.74) is 2.40. The van der Waals surface area contributed by atoms with E-state index < -0.39 is 12.5 Å². The molecule has 2 aromatic heterocycles. The molecule has 5 rings (SSSR count). The molecule has 1 N–H and O–H groups in total. The van der Waals surface area contributed by atoms with Crippen LogP contribution in [0.1, 0.15) is 22.5 Å². The molecule has 0 aliphatic carbocycles. The molecule has 0 saturated carbocycles. The zero-order valence-corrected chi connectivity index (χ0v) is 17.4. The van der Waals surface area contributed by atoms with Gasteiger partial charge in [0.15, 0.2) is 0 Å². The molecule has 0 atom stereocenters. The van der Waals surface area contributed by atoms with E-state index in [4.69, 9.17) is 9.10 Å². The van der Waals surface area contributed by atoms with Gasteiger partial charge in [-0.1, -0.05) is 24.3 Å². The van der Waals surface area contributed by atoms with Gasteiger partial charge < -0.3 is 14.4 Å². The Morgan fingerprint density at radius 3 is 2.69 bits per heavy atom. The largest absolute Gasteiger partial charge is 0.342 e. The van der Waals surface area contributed by atoms with Crippen molar-refractivity contribution in [1.29, 1.82) is 0 Å². The van der Waals surface area contributed by atoms with E-state index in [1.54, 1.807) is 12.1 Å². The summed E-state index contributed by atoms with van der Waals surface area (Å²) in [4.78, 5) is 26.7. The molecule has 3 heterocycles. The number of halogens is 1. The van der Waals surface area contributed by atoms with Gasteiger partial charge >= 0.3 is 0 Å². The predicted molar refractivity (Wildman–Crippen MR) is 124 cm³/mol. The van der Waals surface area contributed by atoms with Gasteiger partial charge in [0.05, 0.1) is 17.6 Å². The van der Waals surface area contributed by atoms with Gasteiger partial charge in [-0.15, -0.1) is 0 Å². The molecule has 0 amide bonds. The van der Waals surface area contributed by atoms with Gasteiger partial charge in [-0.2, -0.15) is 0 Å². The SMILES string of the molecule is [2H]C([2H])([2H])N(c1nccc(=O)[nH]1)C1CCN(c2nc3ccccc3n2Cc2ccc(F)cc2)CC1. The van der Waals surface area contributed by atoms with Crippen molar-refractivity contribution in [1.82, 2.24) is 19.5 Å². The standard InChI is InChI=1S/C24H25FN6O/c1-29(23-26-13-10-22(32)28-23)19-11-14-30(15-12-19)24-27-20-4-2-3-5-21(20)31(24)16-17-6-8-18(25)9-7-17/h2-10,13,19H,11-12,14-16H2,1H3,(H,26,28,32)/i1D3. The maximum atomic E-state index is 13.4. The molecule has 7 nitrogen and oxygen atoms in total. The first kappa shape index (κ1) is 16.9. The molecule has 0 spiro atoms. The number of hydrogen-bond acceptors (Lipinski definition) is 5. The topological polar surface area (TPSA) is 70.1 Å². The summed E-state index contributed by atoms with van der Waals surface area (Å²) in [7, 11) is 0. The number of H-pyrrole nitrogens is 1. The number of benzene rings is 2. The third kappa shape index (κ3) is 3.95. The first-order valence-electron chi connectivity index (χ1n) is 12.1. The van der Waals surface area contributed by atoms with E-state index in [-0.39, 0.29) is 17.8 Å². The van der Waals surface area contributed by atoms with E-state index in [0.717, 1.165) is 22.5 Å². The van der Waals surface area contributed by atoms with Crippen LogP contribution in [-0.2, 0) is 6.54 Å². The highest BCUT2D eigenvalue weighted by Crippen LogP contribution is 2.28. The fourth-order valence-electron chi connectivity index (χ4n) is 4.21. The van der Waals surface area contributed by atoms with Crippen LogP contribution < -0.4 is 15.4 Å². The Morgan fingerprint density at radius 2 is 1.94 bits per heavy atom. The van der Waals surface area contributed by atoms with E-state index in [0.29, 0.717) is 32.5 Å². The van der Waals surface area contributed by atoms with Crippen LogP contribution in [0, 0.1) is 5.82 Å². The van der Waals surface area contributed by atoms with Crippen LogP contribution in [0.3, 0.4) is 0 Å². The summed E-state index contributed by atoms with van der Waals surface area (Å²) in [6, 6.07) is 15.2. The van der Waals surface area contributed by atoms with Crippen molar-refractivity contribution < 1.29 is 8.50 Å². The average Bonchev–Trinajstić information content (AvgIpc) is 3.19. The van der Waals surface area contributed by atoms with Crippen LogP contribution in [0.4, 0.5) is 16.3 Å². The lowest BCUT2D eigenvalue weighted by Crippen LogP contribution is -2.45. The second kappa shape index (κ2) is 8.45. The van der Waals surface area contributed by atoms with E-state index in [2.05, 4.69) is 19.4 Å². The van der Waals surface area contributed by atoms with Crippen molar-refractivity contribution in [3.8, 4) is 0 Å². The van der Waals surface area contributed by atoms with Gasteiger partial charge in [0, 0.05) is 42.5 Å². The summed E-state index contributed by atoms with van der Waals surface area (Å²) in [5, 5.41) is 0. The van der Waals surface area contributed by atoms with Crippen LogP contribution in [-0.4, -0.2) is 45.6 Å². The second-order valence-corrected chi connectivity index (χ2v) is 7.96. The molecule has 0 unspecified atom stereocenters. The number of anilines is 2. The van der Waals surface area contributed by atoms with Crippen LogP contribution in [0.2, 0.25) is 0 Å². The lowest BCUT2D eigenvalue weighted by Gasteiger charge is -2.37. The highest BCUT2D eigenvalue weighted by atomic mass is 19.1.